The van der Waals surface area contributed by atoms with Gasteiger partial charge in [-0.3, -0.25) is 0 Å². The smallest absolute Gasteiger partial charge is 0.00369 e. The van der Waals surface area contributed by atoms with Crippen molar-refractivity contribution in [3.63, 3.8) is 0 Å². The Morgan fingerprint density at radius 1 is 1.45 bits per heavy atom. The van der Waals surface area contributed by atoms with Crippen molar-refractivity contribution < 1.29 is 0 Å². The largest absolute Gasteiger partial charge is 0.0952 e. The first-order valence-corrected chi connectivity index (χ1v) is 5.64. The summed E-state index contributed by atoms with van der Waals surface area (Å²) in [6, 6.07) is 0. The predicted octanol–water partition coefficient (Wildman–Crippen LogP) is 3.74. The molecular formula is C10H17P. The summed E-state index contributed by atoms with van der Waals surface area (Å²) in [5.74, 6) is 2.43. The van der Waals surface area contributed by atoms with Gasteiger partial charge in [-0.05, 0) is 29.4 Å². The molecule has 11 heavy (non-hydrogen) atoms. The van der Waals surface area contributed by atoms with Crippen molar-refractivity contribution >= 4 is 7.92 Å². The average Bonchev–Trinajstić information content (AvgIpc) is 2.11. The standard InChI is InChI=1S/C10H17P/c1-8-6-11(7-9(8)2)10(3,4)5/h7H,1,6H2,2-5H3. The van der Waals surface area contributed by atoms with Crippen LogP contribution in [0, 0.1) is 0 Å². The van der Waals surface area contributed by atoms with Gasteiger partial charge in [-0.2, -0.15) is 0 Å². The van der Waals surface area contributed by atoms with Crippen LogP contribution in [0.4, 0.5) is 0 Å². The first kappa shape index (κ1) is 9.00. The zero-order valence-electron chi connectivity index (χ0n) is 7.94. The molecule has 0 nitrogen and oxygen atoms in total. The van der Waals surface area contributed by atoms with Gasteiger partial charge in [0, 0.05) is 0 Å². The quantitative estimate of drug-likeness (QED) is 0.483. The lowest BCUT2D eigenvalue weighted by molar-refractivity contribution is 0.789. The minimum Gasteiger partial charge on any atom is -0.0952 e. The van der Waals surface area contributed by atoms with Gasteiger partial charge in [-0.25, -0.2) is 0 Å². The molecule has 0 spiro atoms. The summed E-state index contributed by atoms with van der Waals surface area (Å²) in [6.45, 7) is 13.2. The minimum absolute atomic E-state index is 0.0736. The second kappa shape index (κ2) is 2.75. The van der Waals surface area contributed by atoms with E-state index in [-0.39, 0.29) is 7.92 Å². The molecule has 0 aromatic rings. The number of hydrogen-bond donors (Lipinski definition) is 0. The van der Waals surface area contributed by atoms with Crippen molar-refractivity contribution in [2.75, 3.05) is 6.16 Å². The third-order valence-corrected chi connectivity index (χ3v) is 5.27. The highest BCUT2D eigenvalue weighted by molar-refractivity contribution is 7.63. The number of hydrogen-bond acceptors (Lipinski definition) is 0. The van der Waals surface area contributed by atoms with E-state index in [4.69, 9.17) is 0 Å². The number of allylic oxidation sites excluding steroid dienone is 2. The van der Waals surface area contributed by atoms with Crippen molar-refractivity contribution in [3.05, 3.63) is 23.5 Å². The molecule has 0 saturated heterocycles. The summed E-state index contributed by atoms with van der Waals surface area (Å²) in [5.41, 5.74) is 2.78. The fourth-order valence-corrected chi connectivity index (χ4v) is 3.40. The Balaban J connectivity index is 2.76. The van der Waals surface area contributed by atoms with Gasteiger partial charge in [-0.15, -0.1) is 0 Å². The molecule has 0 bridgehead atoms. The van der Waals surface area contributed by atoms with Crippen LogP contribution in [-0.2, 0) is 0 Å². The molecule has 1 atom stereocenters. The Morgan fingerprint density at radius 2 is 2.00 bits per heavy atom. The van der Waals surface area contributed by atoms with Gasteiger partial charge in [0.25, 0.3) is 0 Å². The van der Waals surface area contributed by atoms with Crippen molar-refractivity contribution in [2.24, 2.45) is 0 Å². The van der Waals surface area contributed by atoms with Crippen LogP contribution in [0.5, 0.6) is 0 Å². The Morgan fingerprint density at radius 3 is 2.18 bits per heavy atom. The van der Waals surface area contributed by atoms with Gasteiger partial charge in [0.05, 0.1) is 0 Å². The molecule has 0 fully saturated rings. The highest BCUT2D eigenvalue weighted by atomic mass is 31.1. The highest BCUT2D eigenvalue weighted by Gasteiger charge is 2.26. The van der Waals surface area contributed by atoms with Gasteiger partial charge in [-0.1, -0.05) is 41.1 Å². The van der Waals surface area contributed by atoms with E-state index in [2.05, 4.69) is 40.1 Å². The lowest BCUT2D eigenvalue weighted by Crippen LogP contribution is -2.10. The normalized spacial score (nSPS) is 25.6. The van der Waals surface area contributed by atoms with Crippen LogP contribution < -0.4 is 0 Å². The summed E-state index contributed by atoms with van der Waals surface area (Å²) >= 11 is 0. The minimum atomic E-state index is 0.0736. The van der Waals surface area contributed by atoms with E-state index in [1.165, 1.54) is 17.3 Å². The maximum atomic E-state index is 4.05. The van der Waals surface area contributed by atoms with E-state index in [1.54, 1.807) is 0 Å². The molecule has 0 aromatic carbocycles. The molecule has 1 aliphatic heterocycles. The fourth-order valence-electron chi connectivity index (χ4n) is 1.13. The maximum Gasteiger partial charge on any atom is -0.00369 e. The molecule has 0 N–H and O–H groups in total. The second-order valence-electron chi connectivity index (χ2n) is 4.21. The van der Waals surface area contributed by atoms with E-state index in [1.807, 2.05) is 0 Å². The van der Waals surface area contributed by atoms with Crippen LogP contribution in [-0.4, -0.2) is 11.3 Å². The van der Waals surface area contributed by atoms with Crippen molar-refractivity contribution in [1.29, 1.82) is 0 Å². The fraction of sp³-hybridized carbons (Fsp3) is 0.600. The molecule has 0 aromatic heterocycles. The zero-order valence-corrected chi connectivity index (χ0v) is 8.83. The van der Waals surface area contributed by atoms with Crippen LogP contribution >= 0.6 is 7.92 Å². The first-order chi connectivity index (χ1) is 4.91. The van der Waals surface area contributed by atoms with Crippen LogP contribution in [0.3, 0.4) is 0 Å². The van der Waals surface area contributed by atoms with Gasteiger partial charge in [0.2, 0.25) is 0 Å². The second-order valence-corrected chi connectivity index (χ2v) is 7.07. The molecule has 1 rings (SSSR count). The lowest BCUT2D eigenvalue weighted by atomic mass is 10.2. The van der Waals surface area contributed by atoms with E-state index < -0.39 is 0 Å². The number of rotatable bonds is 0. The zero-order chi connectivity index (χ0) is 8.65. The highest BCUT2D eigenvalue weighted by Crippen LogP contribution is 2.57. The monoisotopic (exact) mass is 168 g/mol. The van der Waals surface area contributed by atoms with Crippen molar-refractivity contribution in [2.45, 2.75) is 32.9 Å². The molecule has 1 aliphatic rings. The molecule has 1 heterocycles. The molecular weight excluding hydrogens is 151 g/mol. The predicted molar refractivity (Wildman–Crippen MR) is 54.4 cm³/mol. The molecule has 1 unspecified atom stereocenters. The Bertz CT molecular complexity index is 205. The third kappa shape index (κ3) is 1.93. The van der Waals surface area contributed by atoms with Crippen molar-refractivity contribution in [3.8, 4) is 0 Å². The van der Waals surface area contributed by atoms with Crippen LogP contribution in [0.1, 0.15) is 27.7 Å². The molecule has 0 radical (unpaired) electrons. The summed E-state index contributed by atoms with van der Waals surface area (Å²) in [6.07, 6.45) is 1.23. The first-order valence-electron chi connectivity index (χ1n) is 4.04. The third-order valence-electron chi connectivity index (χ3n) is 2.13. The van der Waals surface area contributed by atoms with E-state index in [0.29, 0.717) is 5.16 Å². The summed E-state index contributed by atoms with van der Waals surface area (Å²) in [4.78, 5) is 0. The lowest BCUT2D eigenvalue weighted by Gasteiger charge is -2.25. The topological polar surface area (TPSA) is 0 Å². The molecule has 62 valence electrons. The SMILES string of the molecule is C=C1CP(C(C)(C)C)C=C1C. The van der Waals surface area contributed by atoms with E-state index in [0.717, 1.165) is 0 Å². The van der Waals surface area contributed by atoms with Crippen LogP contribution in [0.25, 0.3) is 0 Å². The summed E-state index contributed by atoms with van der Waals surface area (Å²) in [5, 5.41) is 0.468. The molecule has 0 saturated carbocycles. The molecule has 1 heteroatoms. The Labute approximate surface area is 71.1 Å². The van der Waals surface area contributed by atoms with Gasteiger partial charge < -0.3 is 0 Å². The van der Waals surface area contributed by atoms with Crippen LogP contribution in [0.15, 0.2) is 23.5 Å². The van der Waals surface area contributed by atoms with Gasteiger partial charge in [0.1, 0.15) is 0 Å². The average molecular weight is 168 g/mol. The summed E-state index contributed by atoms with van der Waals surface area (Å²) in [7, 11) is 0.0736. The summed E-state index contributed by atoms with van der Waals surface area (Å²) < 4.78 is 0. The van der Waals surface area contributed by atoms with Gasteiger partial charge >= 0.3 is 0 Å². The Kier molecular flexibility index (Phi) is 2.25. The van der Waals surface area contributed by atoms with Crippen LogP contribution in [0.2, 0.25) is 0 Å². The molecule has 0 aliphatic carbocycles. The van der Waals surface area contributed by atoms with Gasteiger partial charge in [0.15, 0.2) is 0 Å². The van der Waals surface area contributed by atoms with Crippen molar-refractivity contribution in [1.82, 2.24) is 0 Å². The van der Waals surface area contributed by atoms with E-state index >= 15 is 0 Å². The molecule has 0 amide bonds. The Hall–Kier alpha value is -0.0900. The maximum absolute atomic E-state index is 4.05. The van der Waals surface area contributed by atoms with E-state index in [9.17, 15) is 0 Å².